The fourth-order valence-corrected chi connectivity index (χ4v) is 1.80. The standard InChI is InChI=1S/C14H12ClN3O.C2H6/c1-19-12-4-2-10(3-5-12)9-17-14-7-11(8-16)6-13(15)18-14;1-2/h2-7H,9H2,1H3,(H,17,18);1-2H3. The first-order chi connectivity index (χ1) is 10.2. The molecule has 1 heterocycles. The molecular formula is C16H18ClN3O. The van der Waals surface area contributed by atoms with E-state index in [2.05, 4.69) is 10.3 Å². The Hall–Kier alpha value is -2.25. The average Bonchev–Trinajstić information content (AvgIpc) is 2.54. The van der Waals surface area contributed by atoms with E-state index in [1.807, 2.05) is 44.2 Å². The fraction of sp³-hybridized carbons (Fsp3) is 0.250. The van der Waals surface area contributed by atoms with Crippen molar-refractivity contribution >= 4 is 17.4 Å². The van der Waals surface area contributed by atoms with Gasteiger partial charge < -0.3 is 10.1 Å². The van der Waals surface area contributed by atoms with Gasteiger partial charge in [0.1, 0.15) is 16.7 Å². The number of anilines is 1. The molecule has 0 unspecified atom stereocenters. The van der Waals surface area contributed by atoms with Gasteiger partial charge in [-0.3, -0.25) is 0 Å². The van der Waals surface area contributed by atoms with Crippen molar-refractivity contribution in [2.75, 3.05) is 12.4 Å². The van der Waals surface area contributed by atoms with Crippen molar-refractivity contribution in [2.45, 2.75) is 20.4 Å². The van der Waals surface area contributed by atoms with Crippen LogP contribution in [0.2, 0.25) is 5.15 Å². The SMILES string of the molecule is CC.COc1ccc(CNc2cc(C#N)cc(Cl)n2)cc1. The molecule has 1 N–H and O–H groups in total. The molecule has 0 atom stereocenters. The van der Waals surface area contributed by atoms with Gasteiger partial charge in [-0.1, -0.05) is 37.6 Å². The molecule has 1 aromatic carbocycles. The Kier molecular flexibility index (Phi) is 7.06. The zero-order valence-electron chi connectivity index (χ0n) is 12.4. The third-order valence-corrected chi connectivity index (χ3v) is 2.75. The number of nitrogens with one attached hydrogen (secondary N) is 1. The highest BCUT2D eigenvalue weighted by Crippen LogP contribution is 2.16. The van der Waals surface area contributed by atoms with Crippen molar-refractivity contribution in [3.05, 3.63) is 52.7 Å². The second kappa shape index (κ2) is 8.83. The Bertz CT molecular complexity index is 606. The van der Waals surface area contributed by atoms with Gasteiger partial charge in [0.25, 0.3) is 0 Å². The van der Waals surface area contributed by atoms with E-state index < -0.39 is 0 Å². The van der Waals surface area contributed by atoms with Crippen LogP contribution in [0.3, 0.4) is 0 Å². The van der Waals surface area contributed by atoms with E-state index in [9.17, 15) is 0 Å². The predicted octanol–water partition coefficient (Wildman–Crippen LogP) is 4.25. The molecule has 0 aliphatic heterocycles. The molecular weight excluding hydrogens is 286 g/mol. The quantitative estimate of drug-likeness (QED) is 0.858. The summed E-state index contributed by atoms with van der Waals surface area (Å²) in [5.74, 6) is 1.40. The molecule has 1 aromatic heterocycles. The summed E-state index contributed by atoms with van der Waals surface area (Å²) in [4.78, 5) is 4.11. The van der Waals surface area contributed by atoms with Crippen LogP contribution >= 0.6 is 11.6 Å². The van der Waals surface area contributed by atoms with E-state index in [-0.39, 0.29) is 0 Å². The number of nitriles is 1. The zero-order valence-corrected chi connectivity index (χ0v) is 13.1. The Morgan fingerprint density at radius 2 is 1.90 bits per heavy atom. The molecule has 0 aliphatic rings. The molecule has 2 rings (SSSR count). The minimum atomic E-state index is 0.302. The van der Waals surface area contributed by atoms with Crippen molar-refractivity contribution < 1.29 is 4.74 Å². The molecule has 2 aromatic rings. The van der Waals surface area contributed by atoms with Gasteiger partial charge in [0.2, 0.25) is 0 Å². The second-order valence-corrected chi connectivity index (χ2v) is 4.26. The van der Waals surface area contributed by atoms with E-state index in [0.717, 1.165) is 11.3 Å². The molecule has 0 radical (unpaired) electrons. The molecule has 0 bridgehead atoms. The smallest absolute Gasteiger partial charge is 0.132 e. The Balaban J connectivity index is 0.00000106. The molecule has 0 spiro atoms. The Labute approximate surface area is 130 Å². The lowest BCUT2D eigenvalue weighted by molar-refractivity contribution is 0.414. The summed E-state index contributed by atoms with van der Waals surface area (Å²) in [5.41, 5.74) is 1.57. The maximum Gasteiger partial charge on any atom is 0.132 e. The highest BCUT2D eigenvalue weighted by molar-refractivity contribution is 6.29. The van der Waals surface area contributed by atoms with Crippen LogP contribution in [0.4, 0.5) is 5.82 Å². The highest BCUT2D eigenvalue weighted by atomic mass is 35.5. The van der Waals surface area contributed by atoms with Gasteiger partial charge in [-0.05, 0) is 29.8 Å². The second-order valence-electron chi connectivity index (χ2n) is 3.88. The van der Waals surface area contributed by atoms with Crippen molar-refractivity contribution in [3.8, 4) is 11.8 Å². The highest BCUT2D eigenvalue weighted by Gasteiger charge is 2.01. The summed E-state index contributed by atoms with van der Waals surface area (Å²) in [6.07, 6.45) is 0. The maximum absolute atomic E-state index is 8.85. The summed E-state index contributed by atoms with van der Waals surface area (Å²) >= 11 is 5.83. The summed E-state index contributed by atoms with van der Waals surface area (Å²) < 4.78 is 5.09. The number of rotatable bonds is 4. The Morgan fingerprint density at radius 1 is 1.24 bits per heavy atom. The number of aromatic nitrogens is 1. The van der Waals surface area contributed by atoms with E-state index in [4.69, 9.17) is 21.6 Å². The van der Waals surface area contributed by atoms with Crippen LogP contribution in [0.15, 0.2) is 36.4 Å². The summed E-state index contributed by atoms with van der Waals surface area (Å²) in [6, 6.07) is 12.9. The lowest BCUT2D eigenvalue weighted by atomic mass is 10.2. The molecule has 0 fully saturated rings. The van der Waals surface area contributed by atoms with Gasteiger partial charge in [0.05, 0.1) is 18.7 Å². The Morgan fingerprint density at radius 3 is 2.48 bits per heavy atom. The van der Waals surface area contributed by atoms with Gasteiger partial charge in [0.15, 0.2) is 0 Å². The molecule has 0 amide bonds. The molecule has 0 saturated carbocycles. The number of hydrogen-bond acceptors (Lipinski definition) is 4. The van der Waals surface area contributed by atoms with Crippen molar-refractivity contribution in [1.82, 2.24) is 4.98 Å². The monoisotopic (exact) mass is 303 g/mol. The molecule has 0 saturated heterocycles. The number of halogens is 1. The molecule has 0 aliphatic carbocycles. The van der Waals surface area contributed by atoms with Gasteiger partial charge >= 0.3 is 0 Å². The van der Waals surface area contributed by atoms with Gasteiger partial charge in [-0.25, -0.2) is 4.98 Å². The third kappa shape index (κ3) is 5.33. The topological polar surface area (TPSA) is 57.9 Å². The van der Waals surface area contributed by atoms with Crippen molar-refractivity contribution in [3.63, 3.8) is 0 Å². The number of nitrogens with zero attached hydrogens (tertiary/aromatic N) is 2. The van der Waals surface area contributed by atoms with Crippen LogP contribution in [0.5, 0.6) is 5.75 Å². The van der Waals surface area contributed by atoms with Crippen LogP contribution in [0.25, 0.3) is 0 Å². The molecule has 5 heteroatoms. The fourth-order valence-electron chi connectivity index (χ4n) is 1.59. The van der Waals surface area contributed by atoms with E-state index in [1.54, 1.807) is 13.2 Å². The normalized spacial score (nSPS) is 9.10. The third-order valence-electron chi connectivity index (χ3n) is 2.56. The average molecular weight is 304 g/mol. The number of hydrogen-bond donors (Lipinski definition) is 1. The van der Waals surface area contributed by atoms with Gasteiger partial charge in [-0.15, -0.1) is 0 Å². The summed E-state index contributed by atoms with van der Waals surface area (Å²) in [5, 5.41) is 12.3. The molecule has 110 valence electrons. The van der Waals surface area contributed by atoms with Gasteiger partial charge in [0, 0.05) is 6.54 Å². The molecule has 21 heavy (non-hydrogen) atoms. The first-order valence-corrected chi connectivity index (χ1v) is 7.03. The minimum Gasteiger partial charge on any atom is -0.497 e. The number of methoxy groups -OCH3 is 1. The number of pyridine rings is 1. The van der Waals surface area contributed by atoms with Crippen molar-refractivity contribution in [2.24, 2.45) is 0 Å². The number of ether oxygens (including phenoxy) is 1. The summed E-state index contributed by atoms with van der Waals surface area (Å²) in [6.45, 7) is 4.60. The number of benzene rings is 1. The van der Waals surface area contributed by atoms with Crippen LogP contribution in [-0.4, -0.2) is 12.1 Å². The van der Waals surface area contributed by atoms with E-state index in [0.29, 0.717) is 23.1 Å². The molecule has 4 nitrogen and oxygen atoms in total. The van der Waals surface area contributed by atoms with Crippen LogP contribution < -0.4 is 10.1 Å². The maximum atomic E-state index is 8.85. The van der Waals surface area contributed by atoms with Gasteiger partial charge in [-0.2, -0.15) is 5.26 Å². The van der Waals surface area contributed by atoms with E-state index >= 15 is 0 Å². The van der Waals surface area contributed by atoms with Crippen molar-refractivity contribution in [1.29, 1.82) is 5.26 Å². The van der Waals surface area contributed by atoms with E-state index in [1.165, 1.54) is 6.07 Å². The van der Waals surface area contributed by atoms with Crippen LogP contribution in [-0.2, 0) is 6.54 Å². The lowest BCUT2D eigenvalue weighted by Gasteiger charge is -2.07. The lowest BCUT2D eigenvalue weighted by Crippen LogP contribution is -2.01. The first-order valence-electron chi connectivity index (χ1n) is 6.66. The predicted molar refractivity (Wildman–Crippen MR) is 85.6 cm³/mol. The zero-order chi connectivity index (χ0) is 15.7. The minimum absolute atomic E-state index is 0.302. The first kappa shape index (κ1) is 16.8. The summed E-state index contributed by atoms with van der Waals surface area (Å²) in [7, 11) is 1.63. The van der Waals surface area contributed by atoms with Crippen LogP contribution in [0, 0.1) is 11.3 Å². The van der Waals surface area contributed by atoms with Crippen LogP contribution in [0.1, 0.15) is 25.0 Å². The largest absolute Gasteiger partial charge is 0.497 e.